The van der Waals surface area contributed by atoms with E-state index in [1.165, 1.54) is 11.6 Å². The van der Waals surface area contributed by atoms with E-state index >= 15 is 0 Å². The number of rotatable bonds is 7. The van der Waals surface area contributed by atoms with Gasteiger partial charge in [0.05, 0.1) is 0 Å². The monoisotopic (exact) mass is 421 g/mol. The van der Waals surface area contributed by atoms with Crippen LogP contribution in [0.4, 0.5) is 0 Å². The summed E-state index contributed by atoms with van der Waals surface area (Å²) in [6.07, 6.45) is 0. The molecule has 0 saturated carbocycles. The summed E-state index contributed by atoms with van der Waals surface area (Å²) in [6, 6.07) is 16.6. The molecule has 0 aliphatic carbocycles. The largest absolute Gasteiger partial charge is 0.484 e. The molecule has 162 valence electrons. The summed E-state index contributed by atoms with van der Waals surface area (Å²) in [5.74, 6) is 0.265. The summed E-state index contributed by atoms with van der Waals surface area (Å²) in [4.78, 5) is 28.3. The number of amides is 1. The number of hydrogen-bond donors (Lipinski definition) is 1. The van der Waals surface area contributed by atoms with Crippen LogP contribution in [-0.4, -0.2) is 55.5 Å². The fourth-order valence-corrected chi connectivity index (χ4v) is 3.56. The highest BCUT2D eigenvalue weighted by Gasteiger charge is 2.13. The quantitative estimate of drug-likeness (QED) is 0.590. The summed E-state index contributed by atoms with van der Waals surface area (Å²) < 4.78 is 10.7. The van der Waals surface area contributed by atoms with Gasteiger partial charge in [-0.1, -0.05) is 24.3 Å². The Bertz CT molecular complexity index is 1090. The zero-order chi connectivity index (χ0) is 21.6. The molecule has 1 aliphatic rings. The first-order chi connectivity index (χ1) is 15.0. The van der Waals surface area contributed by atoms with Gasteiger partial charge in [0, 0.05) is 56.8 Å². The Morgan fingerprint density at radius 2 is 1.71 bits per heavy atom. The van der Waals surface area contributed by atoms with E-state index in [1.807, 2.05) is 0 Å². The number of benzene rings is 2. The molecule has 0 bridgehead atoms. The van der Waals surface area contributed by atoms with E-state index in [4.69, 9.17) is 9.15 Å². The highest BCUT2D eigenvalue weighted by molar-refractivity contribution is 5.79. The van der Waals surface area contributed by atoms with E-state index < -0.39 is 5.63 Å². The van der Waals surface area contributed by atoms with E-state index in [2.05, 4.69) is 46.4 Å². The maximum Gasteiger partial charge on any atom is 0.336 e. The molecule has 1 N–H and O–H groups in total. The number of carbonyl (C=O) groups excluding carboxylic acids is 1. The fraction of sp³-hybridized carbons (Fsp3) is 0.333. The third-order valence-corrected chi connectivity index (χ3v) is 5.48. The van der Waals surface area contributed by atoms with Crippen LogP contribution in [-0.2, 0) is 17.9 Å². The highest BCUT2D eigenvalue weighted by Crippen LogP contribution is 2.19. The van der Waals surface area contributed by atoms with Gasteiger partial charge in [-0.25, -0.2) is 4.79 Å². The van der Waals surface area contributed by atoms with Crippen molar-refractivity contribution in [2.45, 2.75) is 13.1 Å². The first kappa shape index (κ1) is 21.1. The van der Waals surface area contributed by atoms with Crippen LogP contribution in [0.25, 0.3) is 11.0 Å². The molecule has 1 aliphatic heterocycles. The lowest BCUT2D eigenvalue weighted by atomic mass is 10.1. The van der Waals surface area contributed by atoms with Crippen LogP contribution in [0.15, 0.2) is 63.8 Å². The molecule has 1 amide bonds. The van der Waals surface area contributed by atoms with Crippen LogP contribution in [0, 0.1) is 0 Å². The number of hydrogen-bond acceptors (Lipinski definition) is 6. The molecule has 0 unspecified atom stereocenters. The Balaban J connectivity index is 1.23. The van der Waals surface area contributed by atoms with Crippen molar-refractivity contribution in [1.29, 1.82) is 0 Å². The second kappa shape index (κ2) is 9.76. The zero-order valence-corrected chi connectivity index (χ0v) is 17.7. The normalized spacial score (nSPS) is 15.1. The van der Waals surface area contributed by atoms with Gasteiger partial charge in [-0.3, -0.25) is 9.69 Å². The van der Waals surface area contributed by atoms with E-state index in [0.29, 0.717) is 17.9 Å². The summed E-state index contributed by atoms with van der Waals surface area (Å²) >= 11 is 0. The van der Waals surface area contributed by atoms with Gasteiger partial charge in [0.15, 0.2) is 6.61 Å². The van der Waals surface area contributed by atoms with Crippen molar-refractivity contribution in [3.8, 4) is 5.75 Å². The Hall–Kier alpha value is -3.16. The predicted octanol–water partition coefficient (Wildman–Crippen LogP) is 2.24. The maximum absolute atomic E-state index is 12.1. The van der Waals surface area contributed by atoms with Crippen molar-refractivity contribution < 1.29 is 13.9 Å². The van der Waals surface area contributed by atoms with E-state index in [9.17, 15) is 9.59 Å². The minimum atomic E-state index is -0.419. The van der Waals surface area contributed by atoms with E-state index in [0.717, 1.165) is 43.7 Å². The second-order valence-corrected chi connectivity index (χ2v) is 7.92. The molecule has 0 atom stereocenters. The molecule has 3 aromatic rings. The van der Waals surface area contributed by atoms with Crippen molar-refractivity contribution >= 4 is 16.9 Å². The van der Waals surface area contributed by atoms with Crippen molar-refractivity contribution in [3.05, 3.63) is 76.1 Å². The molecule has 1 aromatic heterocycles. The fourth-order valence-electron chi connectivity index (χ4n) is 3.56. The van der Waals surface area contributed by atoms with Crippen molar-refractivity contribution in [3.63, 3.8) is 0 Å². The van der Waals surface area contributed by atoms with Crippen molar-refractivity contribution in [2.24, 2.45) is 0 Å². The van der Waals surface area contributed by atoms with Crippen LogP contribution in [0.3, 0.4) is 0 Å². The summed E-state index contributed by atoms with van der Waals surface area (Å²) in [6.45, 7) is 5.71. The molecular formula is C24H27N3O4. The number of nitrogens with zero attached hydrogens (tertiary/aromatic N) is 2. The molecule has 4 rings (SSSR count). The van der Waals surface area contributed by atoms with Gasteiger partial charge in [0.1, 0.15) is 11.3 Å². The third kappa shape index (κ3) is 5.93. The lowest BCUT2D eigenvalue weighted by Crippen LogP contribution is -2.43. The number of ether oxygens (including phenoxy) is 1. The first-order valence-electron chi connectivity index (χ1n) is 10.5. The molecule has 1 saturated heterocycles. The molecule has 1 fully saturated rings. The lowest BCUT2D eigenvalue weighted by molar-refractivity contribution is -0.123. The third-order valence-electron chi connectivity index (χ3n) is 5.48. The van der Waals surface area contributed by atoms with E-state index in [-0.39, 0.29) is 12.5 Å². The van der Waals surface area contributed by atoms with Crippen molar-refractivity contribution in [2.75, 3.05) is 39.8 Å². The smallest absolute Gasteiger partial charge is 0.336 e. The number of piperazine rings is 1. The van der Waals surface area contributed by atoms with Gasteiger partial charge in [0.25, 0.3) is 5.91 Å². The Kier molecular flexibility index (Phi) is 6.64. The van der Waals surface area contributed by atoms with E-state index in [1.54, 1.807) is 24.3 Å². The van der Waals surface area contributed by atoms with Crippen LogP contribution < -0.4 is 15.7 Å². The minimum absolute atomic E-state index is 0.107. The summed E-state index contributed by atoms with van der Waals surface area (Å²) in [5.41, 5.74) is 2.34. The molecule has 7 nitrogen and oxygen atoms in total. The van der Waals surface area contributed by atoms with Gasteiger partial charge in [-0.15, -0.1) is 0 Å². The number of likely N-dealkylation sites (N-methyl/N-ethyl adjacent to an activating group) is 1. The average molecular weight is 421 g/mol. The second-order valence-electron chi connectivity index (χ2n) is 7.92. The number of fused-ring (bicyclic) bond motifs is 1. The Morgan fingerprint density at radius 1 is 1.00 bits per heavy atom. The summed E-state index contributed by atoms with van der Waals surface area (Å²) in [5, 5.41) is 3.67. The highest BCUT2D eigenvalue weighted by atomic mass is 16.5. The predicted molar refractivity (Wildman–Crippen MR) is 119 cm³/mol. The molecule has 0 spiro atoms. The molecule has 0 radical (unpaired) electrons. The van der Waals surface area contributed by atoms with Crippen LogP contribution in [0.1, 0.15) is 11.1 Å². The Morgan fingerprint density at radius 3 is 2.48 bits per heavy atom. The number of carbonyl (C=O) groups is 1. The molecule has 2 heterocycles. The zero-order valence-electron chi connectivity index (χ0n) is 17.7. The van der Waals surface area contributed by atoms with Gasteiger partial charge in [-0.2, -0.15) is 0 Å². The van der Waals surface area contributed by atoms with Crippen molar-refractivity contribution in [1.82, 2.24) is 15.1 Å². The lowest BCUT2D eigenvalue weighted by Gasteiger charge is -2.32. The molecular weight excluding hydrogens is 394 g/mol. The SMILES string of the molecule is CN1CCN(Cc2ccc(CNC(=O)COc3ccc4ccc(=O)oc4c3)cc2)CC1. The topological polar surface area (TPSA) is 75.0 Å². The van der Waals surface area contributed by atoms with Crippen LogP contribution >= 0.6 is 0 Å². The minimum Gasteiger partial charge on any atom is -0.484 e. The van der Waals surface area contributed by atoms with Gasteiger partial charge in [-0.05, 0) is 36.4 Å². The summed E-state index contributed by atoms with van der Waals surface area (Å²) in [7, 11) is 2.16. The molecule has 31 heavy (non-hydrogen) atoms. The molecule has 7 heteroatoms. The average Bonchev–Trinajstić information content (AvgIpc) is 2.78. The Labute approximate surface area is 181 Å². The first-order valence-corrected chi connectivity index (χ1v) is 10.5. The van der Waals surface area contributed by atoms with Crippen LogP contribution in [0.5, 0.6) is 5.75 Å². The standard InChI is InChI=1S/C24H27N3O4/c1-26-10-12-27(13-11-26)16-19-4-2-18(3-5-19)15-25-23(28)17-30-21-8-6-20-7-9-24(29)31-22(20)14-21/h2-9,14H,10-13,15-17H2,1H3,(H,25,28). The molecule has 2 aromatic carbocycles. The van der Waals surface area contributed by atoms with Crippen LogP contribution in [0.2, 0.25) is 0 Å². The van der Waals surface area contributed by atoms with Gasteiger partial charge >= 0.3 is 5.63 Å². The van der Waals surface area contributed by atoms with Gasteiger partial charge < -0.3 is 19.4 Å². The maximum atomic E-state index is 12.1. The number of nitrogens with one attached hydrogen (secondary N) is 1. The van der Waals surface area contributed by atoms with Gasteiger partial charge in [0.2, 0.25) is 0 Å².